The average Bonchev–Trinajstić information content (AvgIpc) is 3.16. The van der Waals surface area contributed by atoms with Crippen molar-refractivity contribution in [3.63, 3.8) is 0 Å². The van der Waals surface area contributed by atoms with Gasteiger partial charge in [0.05, 0.1) is 11.9 Å². The summed E-state index contributed by atoms with van der Waals surface area (Å²) in [7, 11) is 0. The van der Waals surface area contributed by atoms with Gasteiger partial charge < -0.3 is 14.6 Å². The van der Waals surface area contributed by atoms with E-state index in [-0.39, 0.29) is 0 Å². The summed E-state index contributed by atoms with van der Waals surface area (Å²) in [6.07, 6.45) is 2.57. The fourth-order valence-corrected chi connectivity index (χ4v) is 3.47. The van der Waals surface area contributed by atoms with E-state index in [9.17, 15) is 0 Å². The maximum absolute atomic E-state index is 5.55. The molecule has 0 amide bonds. The number of aromatic nitrogens is 4. The molecule has 0 spiro atoms. The lowest BCUT2D eigenvalue weighted by atomic mass is 10.2. The minimum absolute atomic E-state index is 0.303. The lowest BCUT2D eigenvalue weighted by molar-refractivity contribution is 0.120. The Kier molecular flexibility index (Phi) is 4.48. The Morgan fingerprint density at radius 1 is 1.45 bits per heavy atom. The third-order valence-corrected chi connectivity index (χ3v) is 4.82. The summed E-state index contributed by atoms with van der Waals surface area (Å²) in [4.78, 5) is 4.15. The van der Waals surface area contributed by atoms with E-state index >= 15 is 0 Å². The minimum Gasteiger partial charge on any atom is -0.376 e. The molecule has 1 saturated heterocycles. The zero-order valence-electron chi connectivity index (χ0n) is 11.0. The van der Waals surface area contributed by atoms with Crippen molar-refractivity contribution in [3.8, 4) is 0 Å². The molecule has 1 aliphatic rings. The van der Waals surface area contributed by atoms with Crippen LogP contribution in [0.1, 0.15) is 24.6 Å². The lowest BCUT2D eigenvalue weighted by Crippen LogP contribution is -2.18. The van der Waals surface area contributed by atoms with Crippen LogP contribution >= 0.6 is 23.1 Å². The van der Waals surface area contributed by atoms with E-state index < -0.39 is 0 Å². The number of rotatable bonds is 6. The van der Waals surface area contributed by atoms with Crippen LogP contribution in [0.25, 0.3) is 0 Å². The molecule has 3 heterocycles. The molecule has 1 unspecified atom stereocenters. The molecule has 108 valence electrons. The van der Waals surface area contributed by atoms with E-state index in [1.165, 1.54) is 11.3 Å². The van der Waals surface area contributed by atoms with E-state index in [1.54, 1.807) is 18.7 Å². The van der Waals surface area contributed by atoms with Gasteiger partial charge in [0.25, 0.3) is 0 Å². The summed E-state index contributed by atoms with van der Waals surface area (Å²) >= 11 is 3.08. The monoisotopic (exact) mass is 313 g/mol. The number of anilines is 1. The lowest BCUT2D eigenvalue weighted by Gasteiger charge is -2.08. The average molecular weight is 313 g/mol. The van der Waals surface area contributed by atoms with Gasteiger partial charge in [-0.05, 0) is 12.8 Å². The highest BCUT2D eigenvalue weighted by Gasteiger charge is 2.16. The fourth-order valence-electron chi connectivity index (χ4n) is 1.87. The molecule has 1 aliphatic heterocycles. The van der Waals surface area contributed by atoms with E-state index in [1.807, 2.05) is 0 Å². The third-order valence-electron chi connectivity index (χ3n) is 2.81. The van der Waals surface area contributed by atoms with Crippen molar-refractivity contribution in [2.75, 3.05) is 18.5 Å². The summed E-state index contributed by atoms with van der Waals surface area (Å²) < 4.78 is 11.4. The van der Waals surface area contributed by atoms with Gasteiger partial charge in [-0.2, -0.15) is 4.98 Å². The molecule has 0 aromatic carbocycles. The Bertz CT molecular complexity index is 553. The zero-order chi connectivity index (χ0) is 13.8. The summed E-state index contributed by atoms with van der Waals surface area (Å²) in [5, 5.41) is 16.2. The van der Waals surface area contributed by atoms with Gasteiger partial charge in [0, 0.05) is 20.1 Å². The van der Waals surface area contributed by atoms with Gasteiger partial charge in [-0.1, -0.05) is 28.3 Å². The second-order valence-electron chi connectivity index (χ2n) is 4.41. The maximum atomic E-state index is 5.55. The quantitative estimate of drug-likeness (QED) is 0.812. The fraction of sp³-hybridized carbons (Fsp3) is 0.636. The molecule has 1 fully saturated rings. The smallest absolute Gasteiger partial charge is 0.223 e. The Morgan fingerprint density at radius 3 is 3.15 bits per heavy atom. The predicted octanol–water partition coefficient (Wildman–Crippen LogP) is 2.11. The number of hydrogen-bond acceptors (Lipinski definition) is 9. The molecule has 0 aliphatic carbocycles. The number of nitrogens with one attached hydrogen (secondary N) is 1. The Balaban J connectivity index is 1.46. The van der Waals surface area contributed by atoms with Crippen LogP contribution in [0.3, 0.4) is 0 Å². The van der Waals surface area contributed by atoms with Crippen LogP contribution in [0.4, 0.5) is 5.13 Å². The molecule has 2 aromatic heterocycles. The number of ether oxygens (including phenoxy) is 1. The van der Waals surface area contributed by atoms with Gasteiger partial charge in [-0.25, -0.2) is 0 Å². The molecule has 20 heavy (non-hydrogen) atoms. The van der Waals surface area contributed by atoms with Gasteiger partial charge in [0.1, 0.15) is 0 Å². The summed E-state index contributed by atoms with van der Waals surface area (Å²) in [6, 6.07) is 0. The molecule has 0 bridgehead atoms. The number of nitrogens with zero attached hydrogens (tertiary/aromatic N) is 4. The first-order valence-electron chi connectivity index (χ1n) is 6.40. The van der Waals surface area contributed by atoms with Gasteiger partial charge >= 0.3 is 0 Å². The molecule has 3 rings (SSSR count). The van der Waals surface area contributed by atoms with Crippen LogP contribution in [0.2, 0.25) is 0 Å². The van der Waals surface area contributed by atoms with Crippen LogP contribution in [-0.2, 0) is 10.5 Å². The number of aryl methyl sites for hydroxylation is 1. The molecular formula is C11H15N5O2S2. The molecule has 9 heteroatoms. The molecule has 1 atom stereocenters. The van der Waals surface area contributed by atoms with E-state index in [2.05, 4.69) is 25.7 Å². The van der Waals surface area contributed by atoms with Gasteiger partial charge in [0.2, 0.25) is 11.0 Å². The summed E-state index contributed by atoms with van der Waals surface area (Å²) in [5.41, 5.74) is 0. The highest BCUT2D eigenvalue weighted by molar-refractivity contribution is 8.00. The van der Waals surface area contributed by atoms with Gasteiger partial charge in [-0.3, -0.25) is 0 Å². The van der Waals surface area contributed by atoms with Gasteiger partial charge in [-0.15, -0.1) is 10.2 Å². The first kappa shape index (κ1) is 13.8. The van der Waals surface area contributed by atoms with Crippen LogP contribution in [0.5, 0.6) is 0 Å². The number of thioether (sulfide) groups is 1. The minimum atomic E-state index is 0.303. The second kappa shape index (κ2) is 6.51. The van der Waals surface area contributed by atoms with Gasteiger partial charge in [0.15, 0.2) is 10.2 Å². The first-order chi connectivity index (χ1) is 9.79. The van der Waals surface area contributed by atoms with Crippen molar-refractivity contribution in [2.45, 2.75) is 36.0 Å². The van der Waals surface area contributed by atoms with Crippen LogP contribution in [-0.4, -0.2) is 39.6 Å². The maximum Gasteiger partial charge on any atom is 0.223 e. The molecule has 2 aromatic rings. The van der Waals surface area contributed by atoms with Crippen LogP contribution in [0.15, 0.2) is 8.86 Å². The zero-order valence-corrected chi connectivity index (χ0v) is 12.7. The molecule has 0 radical (unpaired) electrons. The van der Waals surface area contributed by atoms with Crippen LogP contribution in [0, 0.1) is 6.92 Å². The Hall–Kier alpha value is -1.19. The normalized spacial score (nSPS) is 18.6. The van der Waals surface area contributed by atoms with Crippen LogP contribution < -0.4 is 5.32 Å². The van der Waals surface area contributed by atoms with E-state index in [0.29, 0.717) is 23.6 Å². The Labute approximate surface area is 124 Å². The van der Waals surface area contributed by atoms with Crippen molar-refractivity contribution in [1.82, 2.24) is 20.3 Å². The van der Waals surface area contributed by atoms with E-state index in [0.717, 1.165) is 35.5 Å². The molecular weight excluding hydrogens is 298 g/mol. The SMILES string of the molecule is Cc1nc(CSc2nnc(NCC3CCCO3)s2)no1. The van der Waals surface area contributed by atoms with Crippen molar-refractivity contribution >= 4 is 28.2 Å². The molecule has 0 saturated carbocycles. The predicted molar refractivity (Wildman–Crippen MR) is 76.0 cm³/mol. The van der Waals surface area contributed by atoms with E-state index in [4.69, 9.17) is 9.26 Å². The summed E-state index contributed by atoms with van der Waals surface area (Å²) in [5.74, 6) is 1.89. The Morgan fingerprint density at radius 2 is 2.40 bits per heavy atom. The van der Waals surface area contributed by atoms with Crippen molar-refractivity contribution in [2.24, 2.45) is 0 Å². The molecule has 7 nitrogen and oxygen atoms in total. The van der Waals surface area contributed by atoms with Crippen molar-refractivity contribution in [1.29, 1.82) is 0 Å². The highest BCUT2D eigenvalue weighted by Crippen LogP contribution is 2.27. The number of hydrogen-bond donors (Lipinski definition) is 1. The first-order valence-corrected chi connectivity index (χ1v) is 8.21. The standard InChI is InChI=1S/C11H15N5O2S2/c1-7-13-9(16-18-7)6-19-11-15-14-10(20-11)12-5-8-3-2-4-17-8/h8H,2-6H2,1H3,(H,12,14). The third kappa shape index (κ3) is 3.68. The second-order valence-corrected chi connectivity index (χ2v) is 6.61. The topological polar surface area (TPSA) is 86.0 Å². The molecule has 1 N–H and O–H groups in total. The largest absolute Gasteiger partial charge is 0.376 e. The van der Waals surface area contributed by atoms with Crippen molar-refractivity contribution < 1.29 is 9.26 Å². The summed E-state index contributed by atoms with van der Waals surface area (Å²) in [6.45, 7) is 3.44. The van der Waals surface area contributed by atoms with Crippen molar-refractivity contribution in [3.05, 3.63) is 11.7 Å². The highest BCUT2D eigenvalue weighted by atomic mass is 32.2.